The highest BCUT2D eigenvalue weighted by Gasteiger charge is 2.18. The van der Waals surface area contributed by atoms with E-state index in [0.29, 0.717) is 27.1 Å². The van der Waals surface area contributed by atoms with Gasteiger partial charge in [0.2, 0.25) is 0 Å². The number of halogens is 3. The predicted molar refractivity (Wildman–Crippen MR) is 114 cm³/mol. The Bertz CT molecular complexity index is 1090. The van der Waals surface area contributed by atoms with Crippen molar-refractivity contribution in [2.45, 2.75) is 0 Å². The molecular weight excluding hydrogens is 412 g/mol. The second kappa shape index (κ2) is 8.07. The third kappa shape index (κ3) is 4.31. The minimum absolute atomic E-state index is 0.129. The van der Waals surface area contributed by atoms with E-state index < -0.39 is 5.91 Å². The summed E-state index contributed by atoms with van der Waals surface area (Å²) in [6.45, 7) is 0. The standard InChI is InChI=1S/C22H14Cl2FN3O/c23-15-5-1-13(2-6-15)19-20(14-3-7-16(24)8-4-14)28-21(27-19)22(29)26-18-11-9-17(25)10-12-18/h1-12H,(H,26,29)(H,27,28). The van der Waals surface area contributed by atoms with Crippen LogP contribution >= 0.6 is 23.2 Å². The van der Waals surface area contributed by atoms with Crippen LogP contribution in [0, 0.1) is 5.82 Å². The molecule has 0 aliphatic rings. The normalized spacial score (nSPS) is 10.7. The number of anilines is 1. The van der Waals surface area contributed by atoms with Gasteiger partial charge in [0, 0.05) is 26.9 Å². The first-order valence-electron chi connectivity index (χ1n) is 8.68. The van der Waals surface area contributed by atoms with Gasteiger partial charge in [0.1, 0.15) is 5.82 Å². The topological polar surface area (TPSA) is 57.8 Å². The van der Waals surface area contributed by atoms with E-state index in [2.05, 4.69) is 15.3 Å². The fraction of sp³-hybridized carbons (Fsp3) is 0. The van der Waals surface area contributed by atoms with Crippen LogP contribution in [0.4, 0.5) is 10.1 Å². The number of carbonyl (C=O) groups is 1. The van der Waals surface area contributed by atoms with E-state index in [0.717, 1.165) is 11.1 Å². The molecule has 4 nitrogen and oxygen atoms in total. The van der Waals surface area contributed by atoms with Crippen molar-refractivity contribution in [1.82, 2.24) is 9.97 Å². The smallest absolute Gasteiger partial charge is 0.291 e. The number of imidazole rings is 1. The van der Waals surface area contributed by atoms with Gasteiger partial charge < -0.3 is 10.3 Å². The second-order valence-electron chi connectivity index (χ2n) is 6.28. The fourth-order valence-electron chi connectivity index (χ4n) is 2.85. The van der Waals surface area contributed by atoms with Crippen molar-refractivity contribution >= 4 is 34.8 Å². The van der Waals surface area contributed by atoms with Gasteiger partial charge in [0.05, 0.1) is 11.4 Å². The molecule has 0 saturated carbocycles. The lowest BCUT2D eigenvalue weighted by Gasteiger charge is -2.03. The molecular formula is C22H14Cl2FN3O. The van der Waals surface area contributed by atoms with Gasteiger partial charge in [-0.3, -0.25) is 4.79 Å². The summed E-state index contributed by atoms with van der Waals surface area (Å²) in [6.07, 6.45) is 0. The molecule has 7 heteroatoms. The molecule has 0 bridgehead atoms. The summed E-state index contributed by atoms with van der Waals surface area (Å²) in [7, 11) is 0. The molecule has 0 spiro atoms. The molecule has 29 heavy (non-hydrogen) atoms. The second-order valence-corrected chi connectivity index (χ2v) is 7.16. The summed E-state index contributed by atoms with van der Waals surface area (Å²) in [4.78, 5) is 20.3. The maximum atomic E-state index is 13.1. The Kier molecular flexibility index (Phi) is 5.34. The molecule has 1 amide bonds. The molecule has 0 aliphatic heterocycles. The van der Waals surface area contributed by atoms with Crippen molar-refractivity contribution in [3.8, 4) is 22.5 Å². The summed E-state index contributed by atoms with van der Waals surface area (Å²) in [5.74, 6) is -0.688. The number of carbonyl (C=O) groups excluding carboxylic acids is 1. The number of hydrogen-bond acceptors (Lipinski definition) is 2. The zero-order valence-electron chi connectivity index (χ0n) is 14.9. The molecule has 0 aliphatic carbocycles. The van der Waals surface area contributed by atoms with Gasteiger partial charge >= 0.3 is 0 Å². The maximum absolute atomic E-state index is 13.1. The monoisotopic (exact) mass is 425 g/mol. The predicted octanol–water partition coefficient (Wildman–Crippen LogP) is 6.44. The summed E-state index contributed by atoms with van der Waals surface area (Å²) >= 11 is 12.0. The molecule has 1 aromatic heterocycles. The lowest BCUT2D eigenvalue weighted by atomic mass is 10.1. The molecule has 0 atom stereocenters. The Hall–Kier alpha value is -3.15. The zero-order valence-corrected chi connectivity index (χ0v) is 16.4. The molecule has 0 fully saturated rings. The molecule has 1 heterocycles. The molecule has 0 radical (unpaired) electrons. The average Bonchev–Trinajstić information content (AvgIpc) is 3.16. The molecule has 4 aromatic rings. The molecule has 144 valence electrons. The number of nitrogens with zero attached hydrogens (tertiary/aromatic N) is 1. The minimum atomic E-state index is -0.438. The SMILES string of the molecule is O=C(Nc1ccc(F)cc1)c1nc(-c2ccc(Cl)cc2)c(-c2ccc(Cl)cc2)[nH]1. The van der Waals surface area contributed by atoms with Crippen molar-refractivity contribution < 1.29 is 9.18 Å². The minimum Gasteiger partial charge on any atom is -0.333 e. The van der Waals surface area contributed by atoms with Crippen LogP contribution < -0.4 is 5.32 Å². The third-order valence-corrected chi connectivity index (χ3v) is 4.78. The van der Waals surface area contributed by atoms with Crippen LogP contribution in [-0.4, -0.2) is 15.9 Å². The average molecular weight is 426 g/mol. The molecule has 0 saturated heterocycles. The number of hydrogen-bond donors (Lipinski definition) is 2. The number of aromatic nitrogens is 2. The van der Waals surface area contributed by atoms with Crippen LogP contribution in [0.15, 0.2) is 72.8 Å². The molecule has 0 unspecified atom stereocenters. The number of aromatic amines is 1. The lowest BCUT2D eigenvalue weighted by molar-refractivity contribution is 0.101. The Labute approximate surface area is 176 Å². The lowest BCUT2D eigenvalue weighted by Crippen LogP contribution is -2.13. The van der Waals surface area contributed by atoms with Crippen molar-refractivity contribution in [2.75, 3.05) is 5.32 Å². The Morgan fingerprint density at radius 2 is 1.38 bits per heavy atom. The first-order chi connectivity index (χ1) is 14.0. The molecule has 4 rings (SSSR count). The summed E-state index contributed by atoms with van der Waals surface area (Å²) < 4.78 is 13.1. The van der Waals surface area contributed by atoms with E-state index in [1.807, 2.05) is 24.3 Å². The molecule has 2 N–H and O–H groups in total. The van der Waals surface area contributed by atoms with Crippen LogP contribution in [0.5, 0.6) is 0 Å². The van der Waals surface area contributed by atoms with Gasteiger partial charge in [-0.1, -0.05) is 47.5 Å². The van der Waals surface area contributed by atoms with E-state index >= 15 is 0 Å². The van der Waals surface area contributed by atoms with Gasteiger partial charge in [-0.05, 0) is 48.5 Å². The summed E-state index contributed by atoms with van der Waals surface area (Å²) in [5.41, 5.74) is 3.37. The highest BCUT2D eigenvalue weighted by molar-refractivity contribution is 6.31. The first kappa shape index (κ1) is 19.2. The van der Waals surface area contributed by atoms with E-state index in [1.54, 1.807) is 24.3 Å². The Morgan fingerprint density at radius 3 is 1.97 bits per heavy atom. The largest absolute Gasteiger partial charge is 0.333 e. The van der Waals surface area contributed by atoms with Crippen molar-refractivity contribution in [3.05, 3.63) is 94.5 Å². The number of H-pyrrole nitrogens is 1. The van der Waals surface area contributed by atoms with Crippen LogP contribution in [0.1, 0.15) is 10.6 Å². The Morgan fingerprint density at radius 1 is 0.828 bits per heavy atom. The first-order valence-corrected chi connectivity index (χ1v) is 9.44. The van der Waals surface area contributed by atoms with E-state index in [-0.39, 0.29) is 11.6 Å². The van der Waals surface area contributed by atoms with Crippen LogP contribution in [0.25, 0.3) is 22.5 Å². The number of amides is 1. The third-order valence-electron chi connectivity index (χ3n) is 4.27. The fourth-order valence-corrected chi connectivity index (χ4v) is 3.10. The number of nitrogens with one attached hydrogen (secondary N) is 2. The van der Waals surface area contributed by atoms with Gasteiger partial charge in [-0.25, -0.2) is 9.37 Å². The van der Waals surface area contributed by atoms with Crippen molar-refractivity contribution in [2.24, 2.45) is 0 Å². The van der Waals surface area contributed by atoms with Crippen molar-refractivity contribution in [1.29, 1.82) is 0 Å². The number of rotatable bonds is 4. The zero-order chi connectivity index (χ0) is 20.4. The highest BCUT2D eigenvalue weighted by atomic mass is 35.5. The summed E-state index contributed by atoms with van der Waals surface area (Å²) in [5, 5.41) is 3.92. The van der Waals surface area contributed by atoms with E-state index in [4.69, 9.17) is 23.2 Å². The Balaban J connectivity index is 1.74. The summed E-state index contributed by atoms with van der Waals surface area (Å²) in [6, 6.07) is 19.9. The van der Waals surface area contributed by atoms with Gasteiger partial charge in [0.15, 0.2) is 5.82 Å². The van der Waals surface area contributed by atoms with E-state index in [9.17, 15) is 9.18 Å². The van der Waals surface area contributed by atoms with Gasteiger partial charge in [-0.15, -0.1) is 0 Å². The quantitative estimate of drug-likeness (QED) is 0.395. The molecule has 3 aromatic carbocycles. The van der Waals surface area contributed by atoms with Gasteiger partial charge in [0.25, 0.3) is 5.91 Å². The number of benzene rings is 3. The maximum Gasteiger partial charge on any atom is 0.291 e. The van der Waals surface area contributed by atoms with Crippen molar-refractivity contribution in [3.63, 3.8) is 0 Å². The highest BCUT2D eigenvalue weighted by Crippen LogP contribution is 2.31. The van der Waals surface area contributed by atoms with Crippen LogP contribution in [0.2, 0.25) is 10.0 Å². The van der Waals surface area contributed by atoms with Crippen LogP contribution in [0.3, 0.4) is 0 Å². The van der Waals surface area contributed by atoms with E-state index in [1.165, 1.54) is 24.3 Å². The van der Waals surface area contributed by atoms with Crippen LogP contribution in [-0.2, 0) is 0 Å². The van der Waals surface area contributed by atoms with Gasteiger partial charge in [-0.2, -0.15) is 0 Å².